The van der Waals surface area contributed by atoms with Gasteiger partial charge in [0.1, 0.15) is 0 Å². The lowest BCUT2D eigenvalue weighted by Gasteiger charge is -2.35. The summed E-state index contributed by atoms with van der Waals surface area (Å²) in [7, 11) is 3.51. The molecule has 3 atom stereocenters. The molecule has 1 aromatic rings. The fraction of sp³-hybridized carbons (Fsp3) is 0.636. The molecule has 0 N–H and O–H groups in total. The van der Waals surface area contributed by atoms with E-state index in [1.165, 1.54) is 47.9 Å². The molecule has 2 nitrogen and oxygen atoms in total. The normalized spacial score (nSPS) is 21.0. The Morgan fingerprint density at radius 3 is 2.46 bits per heavy atom. The van der Waals surface area contributed by atoms with Crippen molar-refractivity contribution in [1.29, 1.82) is 0 Å². The van der Waals surface area contributed by atoms with Crippen molar-refractivity contribution >= 4 is 0 Å². The third-order valence-electron chi connectivity index (χ3n) is 5.56. The highest BCUT2D eigenvalue weighted by molar-refractivity contribution is 5.58. The molecule has 0 amide bonds. The van der Waals surface area contributed by atoms with Gasteiger partial charge in [-0.1, -0.05) is 31.6 Å². The maximum Gasteiger partial charge on any atom is 0.164 e. The highest BCUT2D eigenvalue weighted by Crippen LogP contribution is 2.50. The zero-order valence-electron chi connectivity index (χ0n) is 16.5. The van der Waals surface area contributed by atoms with Crippen LogP contribution in [-0.4, -0.2) is 14.2 Å². The first-order valence-corrected chi connectivity index (χ1v) is 9.29. The number of rotatable bonds is 6. The molecule has 24 heavy (non-hydrogen) atoms. The van der Waals surface area contributed by atoms with Gasteiger partial charge in [-0.05, 0) is 75.3 Å². The van der Waals surface area contributed by atoms with Gasteiger partial charge in [0.25, 0.3) is 0 Å². The first kappa shape index (κ1) is 18.9. The standard InChI is InChI=1S/C22H34O2/c1-14(2)9-8-10-15(3)18-12-11-16(4)20-19(18)13-17(5)21(23-6)22(20)24-7/h9,13,15-16,18H,8,10-12H2,1-7H3/t15-,16-,18+/m0/s1. The molecule has 134 valence electrons. The molecule has 0 radical (unpaired) electrons. The minimum absolute atomic E-state index is 0.533. The molecule has 0 spiro atoms. The van der Waals surface area contributed by atoms with Gasteiger partial charge in [-0.3, -0.25) is 0 Å². The minimum atomic E-state index is 0.533. The summed E-state index contributed by atoms with van der Waals surface area (Å²) in [4.78, 5) is 0. The average molecular weight is 331 g/mol. The van der Waals surface area contributed by atoms with E-state index in [1.54, 1.807) is 14.2 Å². The van der Waals surface area contributed by atoms with Crippen LogP contribution in [0.2, 0.25) is 0 Å². The zero-order chi connectivity index (χ0) is 17.9. The Labute approximate surface area is 148 Å². The van der Waals surface area contributed by atoms with Crippen molar-refractivity contribution in [3.05, 3.63) is 34.4 Å². The van der Waals surface area contributed by atoms with Gasteiger partial charge < -0.3 is 9.47 Å². The monoisotopic (exact) mass is 330 g/mol. The molecule has 0 saturated heterocycles. The Bertz CT molecular complexity index is 596. The Morgan fingerprint density at radius 2 is 1.88 bits per heavy atom. The van der Waals surface area contributed by atoms with Crippen LogP contribution >= 0.6 is 0 Å². The van der Waals surface area contributed by atoms with Crippen molar-refractivity contribution in [2.75, 3.05) is 14.2 Å². The number of hydrogen-bond acceptors (Lipinski definition) is 2. The highest BCUT2D eigenvalue weighted by Gasteiger charge is 2.32. The summed E-state index contributed by atoms with van der Waals surface area (Å²) in [6, 6.07) is 2.36. The van der Waals surface area contributed by atoms with E-state index in [0.717, 1.165) is 11.5 Å². The summed E-state index contributed by atoms with van der Waals surface area (Å²) in [5.41, 5.74) is 5.48. The molecule has 0 heterocycles. The molecular weight excluding hydrogens is 296 g/mol. The van der Waals surface area contributed by atoms with Crippen molar-refractivity contribution in [2.45, 2.75) is 72.1 Å². The summed E-state index contributed by atoms with van der Waals surface area (Å²) in [5, 5.41) is 0. The van der Waals surface area contributed by atoms with E-state index < -0.39 is 0 Å². The Kier molecular flexibility index (Phi) is 6.37. The summed E-state index contributed by atoms with van der Waals surface area (Å²) >= 11 is 0. The number of aryl methyl sites for hydroxylation is 1. The molecule has 0 unspecified atom stereocenters. The van der Waals surface area contributed by atoms with Crippen LogP contribution in [0.25, 0.3) is 0 Å². The van der Waals surface area contributed by atoms with E-state index in [1.807, 2.05) is 0 Å². The molecule has 1 aliphatic carbocycles. The fourth-order valence-corrected chi connectivity index (χ4v) is 4.24. The zero-order valence-corrected chi connectivity index (χ0v) is 16.5. The topological polar surface area (TPSA) is 18.5 Å². The lowest BCUT2D eigenvalue weighted by molar-refractivity contribution is 0.329. The van der Waals surface area contributed by atoms with Crippen LogP contribution < -0.4 is 9.47 Å². The number of benzene rings is 1. The second-order valence-corrected chi connectivity index (χ2v) is 7.68. The Hall–Kier alpha value is -1.44. The molecule has 1 aliphatic rings. The largest absolute Gasteiger partial charge is 0.493 e. The lowest BCUT2D eigenvalue weighted by atomic mass is 9.70. The number of hydrogen-bond donors (Lipinski definition) is 0. The molecule has 0 aromatic heterocycles. The summed E-state index contributed by atoms with van der Waals surface area (Å²) < 4.78 is 11.4. The van der Waals surface area contributed by atoms with Gasteiger partial charge in [-0.15, -0.1) is 0 Å². The Morgan fingerprint density at radius 1 is 1.21 bits per heavy atom. The predicted octanol–water partition coefficient (Wildman–Crippen LogP) is 6.38. The maximum absolute atomic E-state index is 5.79. The third kappa shape index (κ3) is 3.79. The van der Waals surface area contributed by atoms with Crippen LogP contribution in [0.1, 0.15) is 81.9 Å². The number of allylic oxidation sites excluding steroid dienone is 2. The second-order valence-electron chi connectivity index (χ2n) is 7.68. The van der Waals surface area contributed by atoms with E-state index >= 15 is 0 Å². The molecule has 0 aliphatic heterocycles. The van der Waals surface area contributed by atoms with Crippen LogP contribution in [0.4, 0.5) is 0 Å². The van der Waals surface area contributed by atoms with Crippen LogP contribution in [0.5, 0.6) is 11.5 Å². The molecular formula is C22H34O2. The number of ether oxygens (including phenoxy) is 2. The van der Waals surface area contributed by atoms with Gasteiger partial charge in [0.05, 0.1) is 14.2 Å². The van der Waals surface area contributed by atoms with Crippen LogP contribution in [-0.2, 0) is 0 Å². The van der Waals surface area contributed by atoms with Crippen molar-refractivity contribution in [1.82, 2.24) is 0 Å². The minimum Gasteiger partial charge on any atom is -0.493 e. The number of methoxy groups -OCH3 is 2. The molecule has 0 fully saturated rings. The molecule has 0 saturated carbocycles. The highest BCUT2D eigenvalue weighted by atomic mass is 16.5. The molecule has 1 aromatic carbocycles. The van der Waals surface area contributed by atoms with Gasteiger partial charge in [-0.2, -0.15) is 0 Å². The molecule has 0 bridgehead atoms. The van der Waals surface area contributed by atoms with Crippen molar-refractivity contribution in [3.8, 4) is 11.5 Å². The Balaban J connectivity index is 2.39. The van der Waals surface area contributed by atoms with Crippen LogP contribution in [0.3, 0.4) is 0 Å². The van der Waals surface area contributed by atoms with Gasteiger partial charge in [-0.25, -0.2) is 0 Å². The van der Waals surface area contributed by atoms with Crippen LogP contribution in [0.15, 0.2) is 17.7 Å². The van der Waals surface area contributed by atoms with Crippen molar-refractivity contribution < 1.29 is 9.47 Å². The predicted molar refractivity (Wildman–Crippen MR) is 103 cm³/mol. The SMILES string of the molecule is COc1c(C)cc2c(c1OC)[C@@H](C)CC[C@@H]2[C@@H](C)CCC=C(C)C. The van der Waals surface area contributed by atoms with Crippen molar-refractivity contribution in [2.24, 2.45) is 5.92 Å². The average Bonchev–Trinajstić information content (AvgIpc) is 2.53. The van der Waals surface area contributed by atoms with Crippen LogP contribution in [0, 0.1) is 12.8 Å². The lowest BCUT2D eigenvalue weighted by Crippen LogP contribution is -2.20. The molecule has 2 heteroatoms. The number of fused-ring (bicyclic) bond motifs is 1. The van der Waals surface area contributed by atoms with Gasteiger partial charge in [0.2, 0.25) is 0 Å². The summed E-state index contributed by atoms with van der Waals surface area (Å²) in [6.07, 6.45) is 7.29. The first-order valence-electron chi connectivity index (χ1n) is 9.29. The van der Waals surface area contributed by atoms with Gasteiger partial charge >= 0.3 is 0 Å². The van der Waals surface area contributed by atoms with Gasteiger partial charge in [0, 0.05) is 5.56 Å². The molecule has 2 rings (SSSR count). The van der Waals surface area contributed by atoms with E-state index in [4.69, 9.17) is 9.47 Å². The fourth-order valence-electron chi connectivity index (χ4n) is 4.24. The first-order chi connectivity index (χ1) is 11.4. The summed E-state index contributed by atoms with van der Waals surface area (Å²) in [5.74, 6) is 3.71. The smallest absolute Gasteiger partial charge is 0.164 e. The van der Waals surface area contributed by atoms with E-state index in [-0.39, 0.29) is 0 Å². The van der Waals surface area contributed by atoms with E-state index in [2.05, 4.69) is 46.8 Å². The maximum atomic E-state index is 5.79. The van der Waals surface area contributed by atoms with Crippen molar-refractivity contribution in [3.63, 3.8) is 0 Å². The van der Waals surface area contributed by atoms with E-state index in [0.29, 0.717) is 17.8 Å². The summed E-state index contributed by atoms with van der Waals surface area (Å²) in [6.45, 7) is 11.2. The van der Waals surface area contributed by atoms with E-state index in [9.17, 15) is 0 Å². The third-order valence-corrected chi connectivity index (χ3v) is 5.56. The van der Waals surface area contributed by atoms with Gasteiger partial charge in [0.15, 0.2) is 11.5 Å². The second kappa shape index (κ2) is 8.09. The quantitative estimate of drug-likeness (QED) is 0.564.